The number of hydrogen-bond donors (Lipinski definition) is 0. The average Bonchev–Trinajstić information content (AvgIpc) is 2.88. The molecular weight excluding hydrogens is 320 g/mol. The lowest BCUT2D eigenvalue weighted by molar-refractivity contribution is -0.129. The maximum atomic E-state index is 13.7. The van der Waals surface area contributed by atoms with E-state index in [1.807, 2.05) is 30.5 Å². The zero-order valence-electron chi connectivity index (χ0n) is 12.0. The number of carbonyl (C=O) groups is 1. The number of cyclic esters (lactones) is 1. The van der Waals surface area contributed by atoms with E-state index in [-0.39, 0.29) is 17.2 Å². The number of nitrogens with zero attached hydrogens (tertiary/aromatic N) is 1. The first-order valence-electron chi connectivity index (χ1n) is 6.69. The number of benzene rings is 2. The molecule has 3 rings (SSSR count). The van der Waals surface area contributed by atoms with E-state index >= 15 is 0 Å². The fourth-order valence-corrected chi connectivity index (χ4v) is 2.45. The van der Waals surface area contributed by atoms with Crippen molar-refractivity contribution in [1.82, 2.24) is 0 Å². The molecular formula is C17H11F2NO2S. The molecule has 116 valence electrons. The van der Waals surface area contributed by atoms with Crippen LogP contribution >= 0.6 is 11.8 Å². The number of ether oxygens (including phenoxy) is 1. The molecule has 2 aromatic rings. The van der Waals surface area contributed by atoms with Crippen molar-refractivity contribution in [1.29, 1.82) is 0 Å². The van der Waals surface area contributed by atoms with Gasteiger partial charge in [-0.25, -0.2) is 18.6 Å². The summed E-state index contributed by atoms with van der Waals surface area (Å²) in [5, 5.41) is 0. The van der Waals surface area contributed by atoms with E-state index < -0.39 is 17.6 Å². The lowest BCUT2D eigenvalue weighted by atomic mass is 10.2. The minimum absolute atomic E-state index is 0.0547. The first kappa shape index (κ1) is 15.4. The van der Waals surface area contributed by atoms with Crippen LogP contribution in [0.1, 0.15) is 11.1 Å². The lowest BCUT2D eigenvalue weighted by Gasteiger charge is -2.00. The molecule has 0 radical (unpaired) electrons. The third-order valence-corrected chi connectivity index (χ3v) is 3.94. The molecule has 1 aliphatic rings. The molecule has 0 saturated heterocycles. The van der Waals surface area contributed by atoms with Crippen molar-refractivity contribution in [3.8, 4) is 0 Å². The van der Waals surface area contributed by atoms with Gasteiger partial charge in [-0.15, -0.1) is 11.8 Å². The summed E-state index contributed by atoms with van der Waals surface area (Å²) >= 11 is 1.61. The highest BCUT2D eigenvalue weighted by molar-refractivity contribution is 7.98. The van der Waals surface area contributed by atoms with Crippen molar-refractivity contribution in [2.24, 2.45) is 4.99 Å². The van der Waals surface area contributed by atoms with Gasteiger partial charge in [-0.05, 0) is 42.2 Å². The molecule has 0 saturated carbocycles. The van der Waals surface area contributed by atoms with Crippen LogP contribution in [0.4, 0.5) is 8.78 Å². The van der Waals surface area contributed by atoms with Crippen LogP contribution in [0.25, 0.3) is 6.08 Å². The van der Waals surface area contributed by atoms with Gasteiger partial charge in [0.05, 0.1) is 5.56 Å². The van der Waals surface area contributed by atoms with Crippen LogP contribution in [0.15, 0.2) is 58.0 Å². The van der Waals surface area contributed by atoms with Crippen molar-refractivity contribution in [2.75, 3.05) is 6.26 Å². The summed E-state index contributed by atoms with van der Waals surface area (Å²) in [5.74, 6) is -2.37. The molecule has 2 aromatic carbocycles. The SMILES string of the molecule is CSc1ccc(/C=C2\N=C(c3ccc(F)cc3F)OC2=O)cc1. The van der Waals surface area contributed by atoms with Crippen molar-refractivity contribution in [3.05, 3.63) is 70.9 Å². The van der Waals surface area contributed by atoms with Gasteiger partial charge in [0.25, 0.3) is 0 Å². The standard InChI is InChI=1S/C17H11F2NO2S/c1-23-12-5-2-10(3-6-12)8-15-17(21)22-16(20-15)13-7-4-11(18)9-14(13)19/h2-9H,1H3/b15-8-. The van der Waals surface area contributed by atoms with Crippen molar-refractivity contribution in [3.63, 3.8) is 0 Å². The molecule has 6 heteroatoms. The molecule has 0 atom stereocenters. The smallest absolute Gasteiger partial charge is 0.363 e. The highest BCUT2D eigenvalue weighted by Gasteiger charge is 2.26. The van der Waals surface area contributed by atoms with E-state index in [9.17, 15) is 13.6 Å². The van der Waals surface area contributed by atoms with Gasteiger partial charge in [0.15, 0.2) is 5.70 Å². The Bertz CT molecular complexity index is 829. The zero-order valence-corrected chi connectivity index (χ0v) is 12.9. The molecule has 1 aliphatic heterocycles. The first-order chi connectivity index (χ1) is 11.1. The number of esters is 1. The fraction of sp³-hybridized carbons (Fsp3) is 0.0588. The Balaban J connectivity index is 1.92. The van der Waals surface area contributed by atoms with E-state index in [0.29, 0.717) is 6.07 Å². The minimum atomic E-state index is -0.831. The number of aliphatic imine (C=N–C) groups is 1. The van der Waals surface area contributed by atoms with Crippen LogP contribution in [-0.4, -0.2) is 18.1 Å². The molecule has 0 bridgehead atoms. The molecule has 1 heterocycles. The van der Waals surface area contributed by atoms with Crippen LogP contribution in [0.3, 0.4) is 0 Å². The predicted octanol–water partition coefficient (Wildman–Crippen LogP) is 4.03. The molecule has 23 heavy (non-hydrogen) atoms. The quantitative estimate of drug-likeness (QED) is 0.484. The average molecular weight is 331 g/mol. The van der Waals surface area contributed by atoms with Gasteiger partial charge in [-0.3, -0.25) is 0 Å². The number of hydrogen-bond acceptors (Lipinski definition) is 4. The summed E-state index contributed by atoms with van der Waals surface area (Å²) in [6.45, 7) is 0. The number of carbonyl (C=O) groups excluding carboxylic acids is 1. The summed E-state index contributed by atoms with van der Waals surface area (Å²) in [6, 6.07) is 10.5. The Labute approximate surface area is 135 Å². The monoisotopic (exact) mass is 331 g/mol. The summed E-state index contributed by atoms with van der Waals surface area (Å²) in [4.78, 5) is 17.0. The van der Waals surface area contributed by atoms with Crippen LogP contribution in [0.2, 0.25) is 0 Å². The second-order valence-electron chi connectivity index (χ2n) is 4.73. The van der Waals surface area contributed by atoms with E-state index in [1.165, 1.54) is 6.07 Å². The van der Waals surface area contributed by atoms with Crippen molar-refractivity contribution in [2.45, 2.75) is 4.90 Å². The normalized spacial score (nSPS) is 15.7. The van der Waals surface area contributed by atoms with Crippen LogP contribution in [0, 0.1) is 11.6 Å². The molecule has 0 aromatic heterocycles. The molecule has 0 aliphatic carbocycles. The maximum absolute atomic E-state index is 13.7. The second kappa shape index (κ2) is 6.34. The van der Waals surface area contributed by atoms with Gasteiger partial charge in [0.1, 0.15) is 11.6 Å². The van der Waals surface area contributed by atoms with E-state index in [1.54, 1.807) is 17.8 Å². The molecule has 0 unspecified atom stereocenters. The van der Waals surface area contributed by atoms with Crippen molar-refractivity contribution >= 4 is 29.7 Å². The maximum Gasteiger partial charge on any atom is 0.363 e. The van der Waals surface area contributed by atoms with Gasteiger partial charge in [-0.1, -0.05) is 12.1 Å². The fourth-order valence-electron chi connectivity index (χ4n) is 2.05. The lowest BCUT2D eigenvalue weighted by Crippen LogP contribution is -2.07. The van der Waals surface area contributed by atoms with Gasteiger partial charge in [0.2, 0.25) is 5.90 Å². The summed E-state index contributed by atoms with van der Waals surface area (Å²) in [5.41, 5.74) is 0.792. The van der Waals surface area contributed by atoms with Crippen LogP contribution < -0.4 is 0 Å². The Morgan fingerprint density at radius 1 is 1.13 bits per heavy atom. The molecule has 0 amide bonds. The Hall–Kier alpha value is -2.47. The Kier molecular flexibility index (Phi) is 4.25. The van der Waals surface area contributed by atoms with Gasteiger partial charge in [0, 0.05) is 11.0 Å². The molecule has 3 nitrogen and oxygen atoms in total. The van der Waals surface area contributed by atoms with Gasteiger partial charge in [-0.2, -0.15) is 0 Å². The number of halogens is 2. The summed E-state index contributed by atoms with van der Waals surface area (Å²) < 4.78 is 31.6. The largest absolute Gasteiger partial charge is 0.402 e. The van der Waals surface area contributed by atoms with Gasteiger partial charge < -0.3 is 4.74 Å². The highest BCUT2D eigenvalue weighted by atomic mass is 32.2. The number of rotatable bonds is 3. The molecule has 0 spiro atoms. The first-order valence-corrected chi connectivity index (χ1v) is 7.91. The summed E-state index contributed by atoms with van der Waals surface area (Å²) in [6.07, 6.45) is 3.52. The predicted molar refractivity (Wildman–Crippen MR) is 85.2 cm³/mol. The van der Waals surface area contributed by atoms with E-state index in [4.69, 9.17) is 4.74 Å². The van der Waals surface area contributed by atoms with Crippen molar-refractivity contribution < 1.29 is 18.3 Å². The van der Waals surface area contributed by atoms with Crippen LogP contribution in [0.5, 0.6) is 0 Å². The third kappa shape index (κ3) is 3.32. The Morgan fingerprint density at radius 2 is 1.87 bits per heavy atom. The van der Waals surface area contributed by atoms with E-state index in [0.717, 1.165) is 16.5 Å². The summed E-state index contributed by atoms with van der Waals surface area (Å²) in [7, 11) is 0. The minimum Gasteiger partial charge on any atom is -0.402 e. The third-order valence-electron chi connectivity index (χ3n) is 3.20. The van der Waals surface area contributed by atoms with Crippen LogP contribution in [-0.2, 0) is 9.53 Å². The molecule has 0 fully saturated rings. The second-order valence-corrected chi connectivity index (χ2v) is 5.61. The molecule has 0 N–H and O–H groups in total. The van der Waals surface area contributed by atoms with E-state index in [2.05, 4.69) is 4.99 Å². The number of thioether (sulfide) groups is 1. The Morgan fingerprint density at radius 3 is 2.52 bits per heavy atom. The highest BCUT2D eigenvalue weighted by Crippen LogP contribution is 2.22. The van der Waals surface area contributed by atoms with Gasteiger partial charge >= 0.3 is 5.97 Å². The zero-order chi connectivity index (χ0) is 16.4. The topological polar surface area (TPSA) is 38.7 Å².